The summed E-state index contributed by atoms with van der Waals surface area (Å²) in [5, 5.41) is 22.6. The molecule has 0 spiro atoms. The van der Waals surface area contributed by atoms with Gasteiger partial charge < -0.3 is 0 Å². The molecule has 0 saturated carbocycles. The molecule has 0 radical (unpaired) electrons. The highest BCUT2D eigenvalue weighted by Gasteiger charge is 2.19. The monoisotopic (exact) mass is 710 g/mol. The molecule has 0 amide bonds. The highest BCUT2D eigenvalue weighted by atomic mass is 32.2. The van der Waals surface area contributed by atoms with E-state index in [2.05, 4.69) is 30.7 Å². The van der Waals surface area contributed by atoms with Crippen molar-refractivity contribution in [3.05, 3.63) is 84.9 Å². The van der Waals surface area contributed by atoms with Gasteiger partial charge in [-0.3, -0.25) is 18.2 Å². The van der Waals surface area contributed by atoms with E-state index in [9.17, 15) is 42.8 Å². The molecule has 0 bridgehead atoms. The molecule has 0 aliphatic heterocycles. The van der Waals surface area contributed by atoms with Crippen molar-refractivity contribution in [2.24, 2.45) is 30.7 Å². The SMILES string of the molecule is O=S(=O)(O)c1ccc(N=Nc2ccc(N=Nc3ccc(N=Nc4ccc(S(=O)(=O)O)cc4)cc3S(=O)(=O)O)c(S(=O)(=O)O)c2)cc1. The van der Waals surface area contributed by atoms with Gasteiger partial charge in [-0.05, 0) is 84.9 Å². The maximum absolute atomic E-state index is 12.1. The molecular weight excluding hydrogens is 693 g/mol. The van der Waals surface area contributed by atoms with Crippen LogP contribution in [0, 0.1) is 0 Å². The van der Waals surface area contributed by atoms with Crippen LogP contribution in [0.5, 0.6) is 0 Å². The summed E-state index contributed by atoms with van der Waals surface area (Å²) in [5.41, 5.74) is -0.881. The van der Waals surface area contributed by atoms with Crippen LogP contribution in [0.3, 0.4) is 0 Å². The van der Waals surface area contributed by atoms with E-state index in [1.165, 1.54) is 36.4 Å². The minimum absolute atomic E-state index is 0.105. The average Bonchev–Trinajstić information content (AvgIpc) is 2.97. The van der Waals surface area contributed by atoms with Crippen LogP contribution >= 0.6 is 0 Å². The number of rotatable bonds is 10. The predicted molar refractivity (Wildman–Crippen MR) is 158 cm³/mol. The van der Waals surface area contributed by atoms with Crippen LogP contribution in [0.25, 0.3) is 0 Å². The van der Waals surface area contributed by atoms with Crippen LogP contribution in [0.15, 0.2) is 135 Å². The van der Waals surface area contributed by atoms with Crippen molar-refractivity contribution in [3.63, 3.8) is 0 Å². The zero-order valence-corrected chi connectivity index (χ0v) is 25.7. The van der Waals surface area contributed by atoms with E-state index in [-0.39, 0.29) is 22.7 Å². The minimum Gasteiger partial charge on any atom is -0.282 e. The second-order valence-electron chi connectivity index (χ2n) is 8.79. The number of nitrogens with zero attached hydrogens (tertiary/aromatic N) is 6. The van der Waals surface area contributed by atoms with Gasteiger partial charge in [-0.1, -0.05) is 0 Å². The summed E-state index contributed by atoms with van der Waals surface area (Å²) in [7, 11) is -18.8. The lowest BCUT2D eigenvalue weighted by atomic mass is 10.3. The molecule has 240 valence electrons. The molecule has 18 nitrogen and oxygen atoms in total. The Morgan fingerprint density at radius 3 is 0.913 bits per heavy atom. The summed E-state index contributed by atoms with van der Waals surface area (Å²) in [6.07, 6.45) is 0. The maximum atomic E-state index is 12.1. The van der Waals surface area contributed by atoms with Gasteiger partial charge in [-0.25, -0.2) is 0 Å². The van der Waals surface area contributed by atoms with Gasteiger partial charge in [0.05, 0.1) is 32.5 Å². The van der Waals surface area contributed by atoms with Crippen LogP contribution in [0.2, 0.25) is 0 Å². The summed E-state index contributed by atoms with van der Waals surface area (Å²) in [5.74, 6) is 0. The molecule has 22 heteroatoms. The zero-order valence-electron chi connectivity index (χ0n) is 22.5. The van der Waals surface area contributed by atoms with Crippen molar-refractivity contribution >= 4 is 74.6 Å². The zero-order chi connectivity index (χ0) is 33.9. The third-order valence-corrected chi connectivity index (χ3v) is 9.04. The first-order valence-electron chi connectivity index (χ1n) is 11.9. The first-order valence-corrected chi connectivity index (χ1v) is 17.7. The molecule has 0 aliphatic carbocycles. The van der Waals surface area contributed by atoms with Crippen molar-refractivity contribution in [3.8, 4) is 0 Å². The lowest BCUT2D eigenvalue weighted by Crippen LogP contribution is -1.99. The Morgan fingerprint density at radius 1 is 0.348 bits per heavy atom. The van der Waals surface area contributed by atoms with Gasteiger partial charge in [0.25, 0.3) is 40.5 Å². The normalized spacial score (nSPS) is 13.2. The molecule has 0 aromatic heterocycles. The lowest BCUT2D eigenvalue weighted by molar-refractivity contribution is 0.481. The van der Waals surface area contributed by atoms with E-state index >= 15 is 0 Å². The van der Waals surface area contributed by atoms with Gasteiger partial charge in [0, 0.05) is 0 Å². The van der Waals surface area contributed by atoms with E-state index in [4.69, 9.17) is 9.11 Å². The molecule has 46 heavy (non-hydrogen) atoms. The van der Waals surface area contributed by atoms with Crippen molar-refractivity contribution in [1.82, 2.24) is 0 Å². The molecule has 0 aliphatic rings. The van der Waals surface area contributed by atoms with Crippen LogP contribution < -0.4 is 0 Å². The van der Waals surface area contributed by atoms with Gasteiger partial charge in [-0.2, -0.15) is 54.1 Å². The highest BCUT2D eigenvalue weighted by Crippen LogP contribution is 2.34. The van der Waals surface area contributed by atoms with Crippen molar-refractivity contribution in [2.45, 2.75) is 19.6 Å². The largest absolute Gasteiger partial charge is 0.296 e. The topological polar surface area (TPSA) is 292 Å². The molecule has 0 unspecified atom stereocenters. The van der Waals surface area contributed by atoms with Crippen molar-refractivity contribution in [2.75, 3.05) is 0 Å². The van der Waals surface area contributed by atoms with E-state index in [1.54, 1.807) is 0 Å². The second-order valence-corrected chi connectivity index (χ2v) is 14.4. The third kappa shape index (κ3) is 8.95. The molecule has 4 N–H and O–H groups in total. The highest BCUT2D eigenvalue weighted by molar-refractivity contribution is 7.86. The minimum atomic E-state index is -4.95. The number of benzene rings is 4. The Labute approximate surface area is 260 Å². The number of azo groups is 3. The fourth-order valence-electron chi connectivity index (χ4n) is 3.42. The van der Waals surface area contributed by atoms with E-state index < -0.39 is 71.4 Å². The smallest absolute Gasteiger partial charge is 0.282 e. The maximum Gasteiger partial charge on any atom is 0.296 e. The summed E-state index contributed by atoms with van der Waals surface area (Å²) < 4.78 is 130. The van der Waals surface area contributed by atoms with E-state index in [0.717, 1.165) is 48.5 Å². The first kappa shape index (κ1) is 34.2. The number of hydrogen-bond donors (Lipinski definition) is 4. The predicted octanol–water partition coefficient (Wildman–Crippen LogP) is 5.92. The van der Waals surface area contributed by atoms with Gasteiger partial charge in [-0.15, -0.1) is 10.2 Å². The molecule has 0 heterocycles. The summed E-state index contributed by atoms with van der Waals surface area (Å²) in [6.45, 7) is 0. The fraction of sp³-hybridized carbons (Fsp3) is 0. The average molecular weight is 711 g/mol. The van der Waals surface area contributed by atoms with E-state index in [0.29, 0.717) is 0 Å². The Bertz CT molecular complexity index is 2180. The Morgan fingerprint density at radius 2 is 0.630 bits per heavy atom. The number of hydrogen-bond acceptors (Lipinski definition) is 14. The Kier molecular flexibility index (Phi) is 9.64. The molecular formula is C24H18N6O12S4. The van der Waals surface area contributed by atoms with E-state index in [1.807, 2.05) is 0 Å². The molecule has 0 fully saturated rings. The molecule has 0 atom stereocenters. The van der Waals surface area contributed by atoms with Gasteiger partial charge >= 0.3 is 0 Å². The van der Waals surface area contributed by atoms with Gasteiger partial charge in [0.2, 0.25) is 0 Å². The fourth-order valence-corrected chi connectivity index (χ4v) is 5.66. The van der Waals surface area contributed by atoms with Crippen molar-refractivity contribution in [1.29, 1.82) is 0 Å². The Hall–Kier alpha value is -4.68. The lowest BCUT2D eigenvalue weighted by Gasteiger charge is -2.05. The van der Waals surface area contributed by atoms with Gasteiger partial charge in [0.15, 0.2) is 0 Å². The van der Waals surface area contributed by atoms with Crippen LogP contribution in [-0.4, -0.2) is 51.9 Å². The molecule has 4 aromatic rings. The molecule has 4 aromatic carbocycles. The van der Waals surface area contributed by atoms with Crippen LogP contribution in [-0.2, 0) is 40.5 Å². The second kappa shape index (κ2) is 13.0. The summed E-state index contributed by atoms with van der Waals surface area (Å²) in [4.78, 5) is -2.38. The quantitative estimate of drug-likeness (QED) is 0.110. The summed E-state index contributed by atoms with van der Waals surface area (Å²) in [6, 6.07) is 15.4. The molecule has 4 rings (SSSR count). The summed E-state index contributed by atoms with van der Waals surface area (Å²) >= 11 is 0. The standard InChI is InChI=1S/C24H18N6O12S4/c31-43(32,33)19-7-1-15(2-8-19)25-27-17-5-11-21(23(13-17)45(37,38)39)29-30-22-12-6-18(14-24(22)46(40,41)42)28-26-16-3-9-20(10-4-16)44(34,35)36/h1-14H,(H,31,32,33)(H,34,35,36)(H,37,38,39)(H,40,41,42). The Balaban J connectivity index is 1.63. The third-order valence-electron chi connectivity index (χ3n) is 5.54. The first-order chi connectivity index (χ1) is 21.3. The van der Waals surface area contributed by atoms with Gasteiger partial charge in [0.1, 0.15) is 21.2 Å². The van der Waals surface area contributed by atoms with Crippen LogP contribution in [0.4, 0.5) is 34.1 Å². The molecule has 0 saturated heterocycles. The van der Waals surface area contributed by atoms with Crippen LogP contribution in [0.1, 0.15) is 0 Å². The van der Waals surface area contributed by atoms with Crippen molar-refractivity contribution < 1.29 is 51.9 Å².